The van der Waals surface area contributed by atoms with E-state index in [1.165, 1.54) is 0 Å². The maximum atomic E-state index is 10.2. The van der Waals surface area contributed by atoms with Gasteiger partial charge in [-0.1, -0.05) is 59.6 Å². The summed E-state index contributed by atoms with van der Waals surface area (Å²) in [4.78, 5) is 2.86. The molecule has 0 radical (unpaired) electrons. The van der Waals surface area contributed by atoms with Crippen molar-refractivity contribution >= 4 is 56.4 Å². The summed E-state index contributed by atoms with van der Waals surface area (Å²) in [6, 6.07) is 20.3. The van der Waals surface area contributed by atoms with Crippen LogP contribution in [0, 0.1) is 0 Å². The summed E-state index contributed by atoms with van der Waals surface area (Å²) in [6.45, 7) is 0. The number of benzene rings is 3. The van der Waals surface area contributed by atoms with Gasteiger partial charge < -0.3 is 10.1 Å². The van der Waals surface area contributed by atoms with E-state index < -0.39 is 0 Å². The molecule has 0 bridgehead atoms. The van der Waals surface area contributed by atoms with Crippen LogP contribution in [0.5, 0.6) is 5.88 Å². The van der Waals surface area contributed by atoms with E-state index in [4.69, 9.17) is 23.2 Å². The topological polar surface area (TPSA) is 86.5 Å². The second kappa shape index (κ2) is 7.40. The van der Waals surface area contributed by atoms with E-state index >= 15 is 0 Å². The summed E-state index contributed by atoms with van der Waals surface area (Å²) in [5.74, 6) is 0.255. The SMILES string of the molecule is Oc1[nH]c2ccc(Cl)cc2c1N=Nc1nnc(-c2ccc(Cl)cc2)c2ccccc12. The van der Waals surface area contributed by atoms with E-state index in [1.807, 2.05) is 48.5 Å². The second-order valence-electron chi connectivity index (χ2n) is 6.64. The van der Waals surface area contributed by atoms with Crippen molar-refractivity contribution in [2.45, 2.75) is 0 Å². The zero-order chi connectivity index (χ0) is 20.7. The van der Waals surface area contributed by atoms with Gasteiger partial charge in [0.25, 0.3) is 0 Å². The third kappa shape index (κ3) is 3.26. The highest BCUT2D eigenvalue weighted by Crippen LogP contribution is 2.38. The molecule has 5 rings (SSSR count). The van der Waals surface area contributed by atoms with E-state index in [-0.39, 0.29) is 5.88 Å². The van der Waals surface area contributed by atoms with Gasteiger partial charge in [0.1, 0.15) is 5.69 Å². The minimum atomic E-state index is -0.0916. The molecule has 6 nitrogen and oxygen atoms in total. The van der Waals surface area contributed by atoms with Crippen LogP contribution in [0.2, 0.25) is 10.0 Å². The Balaban J connectivity index is 1.63. The Hall–Kier alpha value is -3.48. The molecule has 2 heterocycles. The summed E-state index contributed by atoms with van der Waals surface area (Å²) in [5.41, 5.74) is 2.62. The van der Waals surface area contributed by atoms with Crippen molar-refractivity contribution in [3.63, 3.8) is 0 Å². The van der Waals surface area contributed by atoms with Crippen LogP contribution in [0.1, 0.15) is 0 Å². The number of aromatic hydroxyl groups is 1. The third-order valence-electron chi connectivity index (χ3n) is 4.74. The number of rotatable bonds is 3. The van der Waals surface area contributed by atoms with Crippen molar-refractivity contribution in [1.82, 2.24) is 15.2 Å². The zero-order valence-corrected chi connectivity index (χ0v) is 16.9. The fourth-order valence-corrected chi connectivity index (χ4v) is 3.62. The quantitative estimate of drug-likeness (QED) is 0.294. The van der Waals surface area contributed by atoms with Gasteiger partial charge in [-0.25, -0.2) is 0 Å². The van der Waals surface area contributed by atoms with Crippen molar-refractivity contribution in [1.29, 1.82) is 0 Å². The van der Waals surface area contributed by atoms with Crippen LogP contribution < -0.4 is 0 Å². The van der Waals surface area contributed by atoms with Gasteiger partial charge in [0, 0.05) is 31.8 Å². The van der Waals surface area contributed by atoms with Crippen molar-refractivity contribution in [2.75, 3.05) is 0 Å². The largest absolute Gasteiger partial charge is 0.493 e. The van der Waals surface area contributed by atoms with Crippen LogP contribution in [0.4, 0.5) is 11.5 Å². The summed E-state index contributed by atoms with van der Waals surface area (Å²) in [7, 11) is 0. The summed E-state index contributed by atoms with van der Waals surface area (Å²) >= 11 is 12.1. The van der Waals surface area contributed by atoms with Crippen LogP contribution in [0.3, 0.4) is 0 Å². The smallest absolute Gasteiger partial charge is 0.218 e. The molecule has 30 heavy (non-hydrogen) atoms. The Morgan fingerprint density at radius 3 is 2.30 bits per heavy atom. The predicted octanol–water partition coefficient (Wildman–Crippen LogP) is 7.21. The zero-order valence-electron chi connectivity index (χ0n) is 15.3. The van der Waals surface area contributed by atoms with Crippen LogP contribution in [-0.2, 0) is 0 Å². The number of nitrogens with zero attached hydrogens (tertiary/aromatic N) is 4. The highest BCUT2D eigenvalue weighted by molar-refractivity contribution is 6.31. The normalized spacial score (nSPS) is 11.7. The average molecular weight is 434 g/mol. The minimum Gasteiger partial charge on any atom is -0.493 e. The van der Waals surface area contributed by atoms with Crippen molar-refractivity contribution in [3.05, 3.63) is 76.8 Å². The molecule has 2 N–H and O–H groups in total. The van der Waals surface area contributed by atoms with Gasteiger partial charge in [-0.2, -0.15) is 0 Å². The molecule has 0 aliphatic heterocycles. The summed E-state index contributed by atoms with van der Waals surface area (Å²) in [5, 5.41) is 30.9. The molecule has 0 spiro atoms. The maximum Gasteiger partial charge on any atom is 0.218 e. The fourth-order valence-electron chi connectivity index (χ4n) is 3.32. The van der Waals surface area contributed by atoms with E-state index in [0.29, 0.717) is 32.5 Å². The second-order valence-corrected chi connectivity index (χ2v) is 7.51. The van der Waals surface area contributed by atoms with Crippen LogP contribution in [0.25, 0.3) is 32.9 Å². The van der Waals surface area contributed by atoms with Gasteiger partial charge >= 0.3 is 0 Å². The molecular formula is C22H13Cl2N5O. The molecule has 0 unspecified atom stereocenters. The highest BCUT2D eigenvalue weighted by atomic mass is 35.5. The molecule has 146 valence electrons. The molecule has 0 saturated carbocycles. The molecule has 0 amide bonds. The molecular weight excluding hydrogens is 421 g/mol. The summed E-state index contributed by atoms with van der Waals surface area (Å²) in [6.07, 6.45) is 0. The monoisotopic (exact) mass is 433 g/mol. The van der Waals surface area contributed by atoms with Crippen molar-refractivity contribution in [3.8, 4) is 17.1 Å². The van der Waals surface area contributed by atoms with Gasteiger partial charge in [-0.15, -0.1) is 20.4 Å². The first-order valence-electron chi connectivity index (χ1n) is 9.03. The lowest BCUT2D eigenvalue weighted by molar-refractivity contribution is 0.459. The van der Waals surface area contributed by atoms with Crippen molar-refractivity contribution < 1.29 is 5.11 Å². The van der Waals surface area contributed by atoms with E-state index in [9.17, 15) is 5.11 Å². The number of azo groups is 1. The van der Waals surface area contributed by atoms with Gasteiger partial charge in [-0.3, -0.25) is 0 Å². The third-order valence-corrected chi connectivity index (χ3v) is 5.23. The minimum absolute atomic E-state index is 0.0916. The van der Waals surface area contributed by atoms with Crippen LogP contribution in [-0.4, -0.2) is 20.3 Å². The number of fused-ring (bicyclic) bond motifs is 2. The van der Waals surface area contributed by atoms with Crippen molar-refractivity contribution in [2.24, 2.45) is 10.2 Å². The Bertz CT molecular complexity index is 1430. The van der Waals surface area contributed by atoms with Gasteiger partial charge in [0.2, 0.25) is 11.7 Å². The van der Waals surface area contributed by atoms with Crippen LogP contribution >= 0.6 is 23.2 Å². The maximum absolute atomic E-state index is 10.2. The van der Waals surface area contributed by atoms with E-state index in [2.05, 4.69) is 25.4 Å². The van der Waals surface area contributed by atoms with Gasteiger partial charge in [-0.05, 0) is 30.3 Å². The lowest BCUT2D eigenvalue weighted by Crippen LogP contribution is -1.90. The van der Waals surface area contributed by atoms with E-state index in [0.717, 1.165) is 22.0 Å². The molecule has 3 aromatic carbocycles. The Morgan fingerprint density at radius 1 is 0.767 bits per heavy atom. The molecule has 0 atom stereocenters. The molecule has 0 fully saturated rings. The molecule has 0 saturated heterocycles. The molecule has 5 aromatic rings. The summed E-state index contributed by atoms with van der Waals surface area (Å²) < 4.78 is 0. The fraction of sp³-hybridized carbons (Fsp3) is 0. The first kappa shape index (κ1) is 18.5. The number of aromatic amines is 1. The number of halogens is 2. The first-order valence-corrected chi connectivity index (χ1v) is 9.79. The Labute approximate surface area is 180 Å². The van der Waals surface area contributed by atoms with Gasteiger partial charge in [0.15, 0.2) is 5.69 Å². The predicted molar refractivity (Wildman–Crippen MR) is 119 cm³/mol. The number of hydrogen-bond acceptors (Lipinski definition) is 5. The Kier molecular flexibility index (Phi) is 4.58. The lowest BCUT2D eigenvalue weighted by atomic mass is 10.0. The highest BCUT2D eigenvalue weighted by Gasteiger charge is 2.13. The van der Waals surface area contributed by atoms with Crippen LogP contribution in [0.15, 0.2) is 77.0 Å². The lowest BCUT2D eigenvalue weighted by Gasteiger charge is -2.06. The number of nitrogens with one attached hydrogen (secondary N) is 1. The van der Waals surface area contributed by atoms with E-state index in [1.54, 1.807) is 18.2 Å². The molecule has 0 aliphatic rings. The molecule has 0 aliphatic carbocycles. The molecule has 8 heteroatoms. The van der Waals surface area contributed by atoms with Gasteiger partial charge in [0.05, 0.1) is 5.52 Å². The standard InChI is InChI=1S/C22H13Cl2N5O/c23-13-7-5-12(6-8-13)19-15-3-1-2-4-16(15)21(28-26-19)29-27-20-17-11-14(24)9-10-18(17)25-22(20)30/h1-11,25,30H. The average Bonchev–Trinajstić information content (AvgIpc) is 3.07. The molecule has 2 aromatic heterocycles. The Morgan fingerprint density at radius 2 is 1.50 bits per heavy atom. The number of aromatic nitrogens is 3. The first-order chi connectivity index (χ1) is 14.6. The number of hydrogen-bond donors (Lipinski definition) is 2. The number of H-pyrrole nitrogens is 1.